The van der Waals surface area contributed by atoms with Gasteiger partial charge in [-0.2, -0.15) is 0 Å². The third kappa shape index (κ3) is 2.01. The number of pyridine rings is 1. The number of hydrogen-bond donors (Lipinski definition) is 2. The highest BCUT2D eigenvalue weighted by Gasteiger charge is 2.13. The Morgan fingerprint density at radius 1 is 1.31 bits per heavy atom. The average molecular weight is 218 g/mol. The van der Waals surface area contributed by atoms with Crippen LogP contribution >= 0.6 is 0 Å². The molecule has 3 N–H and O–H groups in total. The predicted molar refractivity (Wildman–Crippen MR) is 59.1 cm³/mol. The molecule has 1 aromatic carbocycles. The Hall–Kier alpha value is -1.94. The van der Waals surface area contributed by atoms with Crippen LogP contribution in [0.3, 0.4) is 0 Å². The van der Waals surface area contributed by atoms with E-state index in [1.165, 1.54) is 24.5 Å². The highest BCUT2D eigenvalue weighted by molar-refractivity contribution is 5.48. The first-order valence-corrected chi connectivity index (χ1v) is 4.81. The molecule has 0 saturated heterocycles. The number of nitrogens with two attached hydrogens (primary N) is 1. The van der Waals surface area contributed by atoms with Crippen LogP contribution in [0.4, 0.5) is 10.1 Å². The molecule has 0 saturated carbocycles. The van der Waals surface area contributed by atoms with Gasteiger partial charge in [-0.1, -0.05) is 12.1 Å². The molecule has 2 rings (SSSR count). The molecule has 82 valence electrons. The Balaban J connectivity index is 2.39. The number of nitrogens with zero attached hydrogens (tertiary/aromatic N) is 1. The normalized spacial score (nSPS) is 12.4. The van der Waals surface area contributed by atoms with Crippen LogP contribution < -0.4 is 5.73 Å². The van der Waals surface area contributed by atoms with E-state index >= 15 is 0 Å². The fraction of sp³-hybridized carbons (Fsp3) is 0.0833. The fourth-order valence-corrected chi connectivity index (χ4v) is 1.50. The standard InChI is InChI=1S/C12H11FN2O/c13-9-3-1-2-8(6-9)12(16)10-7-15-5-4-11(10)14/h1-7,12,16H,(H2,14,15). The molecule has 16 heavy (non-hydrogen) atoms. The van der Waals surface area contributed by atoms with E-state index < -0.39 is 6.10 Å². The van der Waals surface area contributed by atoms with Gasteiger partial charge in [0.1, 0.15) is 11.9 Å². The van der Waals surface area contributed by atoms with Crippen LogP contribution in [0.25, 0.3) is 0 Å². The van der Waals surface area contributed by atoms with Gasteiger partial charge in [-0.05, 0) is 23.8 Å². The first-order valence-electron chi connectivity index (χ1n) is 4.81. The van der Waals surface area contributed by atoms with Crippen molar-refractivity contribution in [3.63, 3.8) is 0 Å². The third-order valence-electron chi connectivity index (χ3n) is 2.35. The van der Waals surface area contributed by atoms with Crippen LogP contribution in [0, 0.1) is 5.82 Å². The molecule has 0 aliphatic heterocycles. The van der Waals surface area contributed by atoms with Gasteiger partial charge in [-0.15, -0.1) is 0 Å². The van der Waals surface area contributed by atoms with Crippen LogP contribution in [-0.2, 0) is 0 Å². The largest absolute Gasteiger partial charge is 0.398 e. The number of halogens is 1. The maximum absolute atomic E-state index is 13.0. The van der Waals surface area contributed by atoms with E-state index in [1.54, 1.807) is 18.2 Å². The predicted octanol–water partition coefficient (Wildman–Crippen LogP) is 1.88. The molecular formula is C12H11FN2O. The Kier molecular flexibility index (Phi) is 2.83. The van der Waals surface area contributed by atoms with Crippen molar-refractivity contribution in [1.29, 1.82) is 0 Å². The van der Waals surface area contributed by atoms with Crippen molar-refractivity contribution < 1.29 is 9.50 Å². The molecule has 1 atom stereocenters. The van der Waals surface area contributed by atoms with Crippen molar-refractivity contribution in [3.8, 4) is 0 Å². The maximum atomic E-state index is 13.0. The molecule has 0 aliphatic rings. The Morgan fingerprint density at radius 2 is 2.12 bits per heavy atom. The highest BCUT2D eigenvalue weighted by Crippen LogP contribution is 2.25. The van der Waals surface area contributed by atoms with Gasteiger partial charge < -0.3 is 10.8 Å². The number of aliphatic hydroxyl groups is 1. The SMILES string of the molecule is Nc1ccncc1C(O)c1cccc(F)c1. The summed E-state index contributed by atoms with van der Waals surface area (Å²) in [4.78, 5) is 3.88. The van der Waals surface area contributed by atoms with Gasteiger partial charge in [-0.3, -0.25) is 4.98 Å². The summed E-state index contributed by atoms with van der Waals surface area (Å²) in [7, 11) is 0. The summed E-state index contributed by atoms with van der Waals surface area (Å²) in [5.74, 6) is -0.390. The van der Waals surface area contributed by atoms with Crippen LogP contribution in [-0.4, -0.2) is 10.1 Å². The maximum Gasteiger partial charge on any atom is 0.123 e. The van der Waals surface area contributed by atoms with Crippen LogP contribution in [0.1, 0.15) is 17.2 Å². The molecule has 0 radical (unpaired) electrons. The summed E-state index contributed by atoms with van der Waals surface area (Å²) < 4.78 is 13.0. The summed E-state index contributed by atoms with van der Waals surface area (Å²) in [6.45, 7) is 0. The van der Waals surface area contributed by atoms with E-state index in [2.05, 4.69) is 4.98 Å². The summed E-state index contributed by atoms with van der Waals surface area (Å²) in [5, 5.41) is 10.0. The first kappa shape index (κ1) is 10.6. The van der Waals surface area contributed by atoms with Crippen LogP contribution in [0.15, 0.2) is 42.7 Å². The van der Waals surface area contributed by atoms with E-state index in [0.717, 1.165) is 0 Å². The molecule has 2 aromatic rings. The first-order chi connectivity index (χ1) is 7.68. The summed E-state index contributed by atoms with van der Waals surface area (Å²) in [5.41, 5.74) is 7.08. The van der Waals surface area contributed by atoms with Crippen LogP contribution in [0.5, 0.6) is 0 Å². The van der Waals surface area contributed by atoms with Gasteiger partial charge in [0.15, 0.2) is 0 Å². The monoisotopic (exact) mass is 218 g/mol. The van der Waals surface area contributed by atoms with Gasteiger partial charge in [0.05, 0.1) is 0 Å². The Labute approximate surface area is 92.4 Å². The van der Waals surface area contributed by atoms with Gasteiger partial charge in [-0.25, -0.2) is 4.39 Å². The zero-order chi connectivity index (χ0) is 11.5. The van der Waals surface area contributed by atoms with Gasteiger partial charge in [0.2, 0.25) is 0 Å². The quantitative estimate of drug-likeness (QED) is 0.809. The number of anilines is 1. The zero-order valence-electron chi connectivity index (χ0n) is 8.47. The van der Waals surface area contributed by atoms with Crippen molar-refractivity contribution in [2.45, 2.75) is 6.10 Å². The lowest BCUT2D eigenvalue weighted by atomic mass is 10.0. The van der Waals surface area contributed by atoms with Crippen molar-refractivity contribution in [1.82, 2.24) is 4.98 Å². The summed E-state index contributed by atoms with van der Waals surface area (Å²) in [6, 6.07) is 7.37. The molecule has 1 aromatic heterocycles. The molecule has 0 bridgehead atoms. The van der Waals surface area contributed by atoms with Gasteiger partial charge >= 0.3 is 0 Å². The molecule has 0 aliphatic carbocycles. The molecule has 0 amide bonds. The van der Waals surface area contributed by atoms with Gasteiger partial charge in [0, 0.05) is 23.6 Å². The second-order valence-corrected chi connectivity index (χ2v) is 3.46. The topological polar surface area (TPSA) is 59.1 Å². The minimum Gasteiger partial charge on any atom is -0.398 e. The number of aliphatic hydroxyl groups excluding tert-OH is 1. The molecule has 0 spiro atoms. The van der Waals surface area contributed by atoms with E-state index in [0.29, 0.717) is 16.8 Å². The minimum atomic E-state index is -0.954. The third-order valence-corrected chi connectivity index (χ3v) is 2.35. The lowest BCUT2D eigenvalue weighted by molar-refractivity contribution is 0.220. The number of nitrogen functional groups attached to an aromatic ring is 1. The zero-order valence-corrected chi connectivity index (χ0v) is 8.47. The number of benzene rings is 1. The highest BCUT2D eigenvalue weighted by atomic mass is 19.1. The van der Waals surface area contributed by atoms with Crippen molar-refractivity contribution in [3.05, 3.63) is 59.7 Å². The van der Waals surface area contributed by atoms with E-state index in [9.17, 15) is 9.50 Å². The fourth-order valence-electron chi connectivity index (χ4n) is 1.50. The second-order valence-electron chi connectivity index (χ2n) is 3.46. The molecule has 0 fully saturated rings. The lowest BCUT2D eigenvalue weighted by Crippen LogP contribution is -2.04. The minimum absolute atomic E-state index is 0.390. The Morgan fingerprint density at radius 3 is 2.81 bits per heavy atom. The van der Waals surface area contributed by atoms with E-state index in [-0.39, 0.29) is 5.82 Å². The second kappa shape index (κ2) is 4.28. The van der Waals surface area contributed by atoms with Crippen LogP contribution in [0.2, 0.25) is 0 Å². The smallest absolute Gasteiger partial charge is 0.123 e. The molecular weight excluding hydrogens is 207 g/mol. The Bertz CT molecular complexity index is 502. The molecule has 1 unspecified atom stereocenters. The van der Waals surface area contributed by atoms with Crippen molar-refractivity contribution >= 4 is 5.69 Å². The summed E-state index contributed by atoms with van der Waals surface area (Å²) >= 11 is 0. The van der Waals surface area contributed by atoms with E-state index in [4.69, 9.17) is 5.73 Å². The number of aromatic nitrogens is 1. The summed E-state index contributed by atoms with van der Waals surface area (Å²) in [6.07, 6.45) is 2.06. The number of rotatable bonds is 2. The molecule has 1 heterocycles. The van der Waals surface area contributed by atoms with Crippen molar-refractivity contribution in [2.24, 2.45) is 0 Å². The van der Waals surface area contributed by atoms with E-state index in [1.807, 2.05) is 0 Å². The van der Waals surface area contributed by atoms with Gasteiger partial charge in [0.25, 0.3) is 0 Å². The molecule has 4 heteroatoms. The average Bonchev–Trinajstić information content (AvgIpc) is 2.29. The lowest BCUT2D eigenvalue weighted by Gasteiger charge is -2.12. The molecule has 3 nitrogen and oxygen atoms in total. The number of hydrogen-bond acceptors (Lipinski definition) is 3. The van der Waals surface area contributed by atoms with Crippen molar-refractivity contribution in [2.75, 3.05) is 5.73 Å².